The van der Waals surface area contributed by atoms with E-state index in [9.17, 15) is 19.5 Å². The normalized spacial score (nSPS) is 28.8. The lowest BCUT2D eigenvalue weighted by molar-refractivity contribution is -0.143. The van der Waals surface area contributed by atoms with Gasteiger partial charge < -0.3 is 19.8 Å². The molecule has 3 amide bonds. The molecular formula is C31H43N3O4S. The number of carbonyl (C=O) groups excluding carboxylic acids is 3. The molecule has 5 atom stereocenters. The summed E-state index contributed by atoms with van der Waals surface area (Å²) in [5.74, 6) is -1.41. The number of hydrogen-bond acceptors (Lipinski definition) is 5. The van der Waals surface area contributed by atoms with Gasteiger partial charge in [-0.1, -0.05) is 50.1 Å². The largest absolute Gasteiger partial charge is 0.396 e. The third kappa shape index (κ3) is 5.18. The standard InChI is InChI=1S/C31H43N3O4S/c1-5-8-12-20-32(18-6-2)29(38)26-31-17-16-30(4,39-31)24(25(31)28(37)34(26)21-13-22-35)27(36)33(19-7-3)23-14-10-9-11-15-23/h6-7,9-11,14-15,24-26,35H,2-3,5,8,12-13,16-22H2,1,4H3/t24-,25-,26?,30+,31?/m0/s1. The van der Waals surface area contributed by atoms with Gasteiger partial charge in [-0.2, -0.15) is 0 Å². The maximum Gasteiger partial charge on any atom is 0.247 e. The highest BCUT2D eigenvalue weighted by atomic mass is 32.2. The number of fused-ring (bicyclic) bond motifs is 1. The van der Waals surface area contributed by atoms with Crippen molar-refractivity contribution in [3.63, 3.8) is 0 Å². The van der Waals surface area contributed by atoms with E-state index in [4.69, 9.17) is 0 Å². The number of thioether (sulfide) groups is 1. The Morgan fingerprint density at radius 2 is 1.82 bits per heavy atom. The van der Waals surface area contributed by atoms with Crippen molar-refractivity contribution in [3.05, 3.63) is 55.6 Å². The van der Waals surface area contributed by atoms with Crippen molar-refractivity contribution < 1.29 is 19.5 Å². The first-order chi connectivity index (χ1) is 18.8. The number of amides is 3. The summed E-state index contributed by atoms with van der Waals surface area (Å²) < 4.78 is -1.11. The van der Waals surface area contributed by atoms with Gasteiger partial charge in [0.1, 0.15) is 6.04 Å². The van der Waals surface area contributed by atoms with Gasteiger partial charge in [0, 0.05) is 43.2 Å². The molecule has 0 radical (unpaired) electrons. The van der Waals surface area contributed by atoms with E-state index in [-0.39, 0.29) is 24.3 Å². The number of aliphatic hydroxyl groups excluding tert-OH is 1. The molecule has 1 spiro atoms. The topological polar surface area (TPSA) is 81.2 Å². The Balaban J connectivity index is 1.74. The molecule has 1 aromatic carbocycles. The predicted octanol–water partition coefficient (Wildman–Crippen LogP) is 4.27. The van der Waals surface area contributed by atoms with Crippen LogP contribution in [0.1, 0.15) is 52.4 Å². The second-order valence-corrected chi connectivity index (χ2v) is 13.1. The molecule has 2 bridgehead atoms. The third-order valence-corrected chi connectivity index (χ3v) is 10.7. The average molecular weight is 554 g/mol. The Labute approximate surface area is 237 Å². The highest BCUT2D eigenvalue weighted by molar-refractivity contribution is 8.02. The number of nitrogens with zero attached hydrogens (tertiary/aromatic N) is 3. The van der Waals surface area contributed by atoms with Gasteiger partial charge in [-0.05, 0) is 44.7 Å². The third-order valence-electron chi connectivity index (χ3n) is 8.67. The minimum absolute atomic E-state index is 0.0596. The van der Waals surface area contributed by atoms with Gasteiger partial charge in [0.2, 0.25) is 17.7 Å². The number of aliphatic hydroxyl groups is 1. The van der Waals surface area contributed by atoms with Crippen molar-refractivity contribution in [2.45, 2.75) is 67.9 Å². The fourth-order valence-electron chi connectivity index (χ4n) is 6.96. The first kappa shape index (κ1) is 29.4. The Kier molecular flexibility index (Phi) is 9.27. The van der Waals surface area contributed by atoms with E-state index in [2.05, 4.69) is 27.0 Å². The minimum atomic E-state index is -0.667. The van der Waals surface area contributed by atoms with Crippen LogP contribution in [0.25, 0.3) is 0 Å². The number of hydrogen-bond donors (Lipinski definition) is 1. The van der Waals surface area contributed by atoms with E-state index in [0.717, 1.165) is 31.4 Å². The van der Waals surface area contributed by atoms with Gasteiger partial charge in [-0.15, -0.1) is 24.9 Å². The van der Waals surface area contributed by atoms with E-state index in [1.54, 1.807) is 33.7 Å². The molecule has 3 heterocycles. The maximum absolute atomic E-state index is 14.4. The molecule has 3 aliphatic rings. The quantitative estimate of drug-likeness (QED) is 0.275. The first-order valence-corrected chi connectivity index (χ1v) is 15.1. The summed E-state index contributed by atoms with van der Waals surface area (Å²) in [6.07, 6.45) is 8.29. The van der Waals surface area contributed by atoms with Gasteiger partial charge >= 0.3 is 0 Å². The van der Waals surface area contributed by atoms with Gasteiger partial charge in [-0.25, -0.2) is 0 Å². The minimum Gasteiger partial charge on any atom is -0.396 e. The molecule has 1 N–H and O–H groups in total. The van der Waals surface area contributed by atoms with Crippen LogP contribution >= 0.6 is 11.8 Å². The summed E-state index contributed by atoms with van der Waals surface area (Å²) in [5.41, 5.74) is 0.774. The summed E-state index contributed by atoms with van der Waals surface area (Å²) in [7, 11) is 0. The molecule has 0 aromatic heterocycles. The van der Waals surface area contributed by atoms with Crippen molar-refractivity contribution in [3.8, 4) is 0 Å². The highest BCUT2D eigenvalue weighted by Crippen LogP contribution is 2.71. The number of unbranched alkanes of at least 4 members (excludes halogenated alkanes) is 2. The van der Waals surface area contributed by atoms with Crippen LogP contribution in [0.5, 0.6) is 0 Å². The first-order valence-electron chi connectivity index (χ1n) is 14.3. The van der Waals surface area contributed by atoms with Crippen LogP contribution in [0.3, 0.4) is 0 Å². The Hall–Kier alpha value is -2.58. The summed E-state index contributed by atoms with van der Waals surface area (Å²) >= 11 is 1.69. The fourth-order valence-corrected chi connectivity index (χ4v) is 9.31. The lowest BCUT2D eigenvalue weighted by Gasteiger charge is -2.38. The molecule has 39 heavy (non-hydrogen) atoms. The maximum atomic E-state index is 14.4. The summed E-state index contributed by atoms with van der Waals surface area (Å²) in [5, 5.41) is 9.62. The predicted molar refractivity (Wildman–Crippen MR) is 157 cm³/mol. The highest BCUT2D eigenvalue weighted by Gasteiger charge is 2.77. The smallest absolute Gasteiger partial charge is 0.247 e. The second kappa shape index (κ2) is 12.3. The van der Waals surface area contributed by atoms with Crippen LogP contribution in [0.2, 0.25) is 0 Å². The Morgan fingerprint density at radius 3 is 2.46 bits per heavy atom. The second-order valence-electron chi connectivity index (χ2n) is 11.2. The molecule has 7 nitrogen and oxygen atoms in total. The lowest BCUT2D eigenvalue weighted by Crippen LogP contribution is -2.55. The molecule has 8 heteroatoms. The molecule has 3 fully saturated rings. The van der Waals surface area contributed by atoms with Crippen molar-refractivity contribution >= 4 is 35.2 Å². The van der Waals surface area contributed by atoms with E-state index in [0.29, 0.717) is 39.0 Å². The molecule has 3 aliphatic heterocycles. The molecule has 3 saturated heterocycles. The van der Waals surface area contributed by atoms with E-state index in [1.807, 2.05) is 35.2 Å². The Bertz CT molecular complexity index is 1080. The number of para-hydroxylation sites is 1. The van der Waals surface area contributed by atoms with Crippen molar-refractivity contribution in [2.24, 2.45) is 11.8 Å². The molecule has 0 saturated carbocycles. The lowest BCUT2D eigenvalue weighted by atomic mass is 9.66. The van der Waals surface area contributed by atoms with Crippen molar-refractivity contribution in [1.29, 1.82) is 0 Å². The molecule has 0 aliphatic carbocycles. The van der Waals surface area contributed by atoms with Crippen LogP contribution in [-0.4, -0.2) is 80.9 Å². The molecule has 1 aromatic rings. The fraction of sp³-hybridized carbons (Fsp3) is 0.581. The van der Waals surface area contributed by atoms with Gasteiger partial charge in [-0.3, -0.25) is 14.4 Å². The van der Waals surface area contributed by atoms with Gasteiger partial charge in [0.15, 0.2) is 0 Å². The SMILES string of the molecule is C=CCN(CCCCC)C(=O)C1N(CCCO)C(=O)[C@@H]2[C@@H](C(=O)N(CC=C)c3ccccc3)[C@@]3(C)CCC12S3. The zero-order chi connectivity index (χ0) is 28.2. The number of likely N-dealkylation sites (tertiary alicyclic amines) is 1. The Morgan fingerprint density at radius 1 is 1.10 bits per heavy atom. The summed E-state index contributed by atoms with van der Waals surface area (Å²) in [6.45, 7) is 13.6. The molecule has 212 valence electrons. The number of rotatable bonds is 14. The monoisotopic (exact) mass is 553 g/mol. The molecular weight excluding hydrogens is 510 g/mol. The number of benzene rings is 1. The zero-order valence-corrected chi connectivity index (χ0v) is 24.2. The van der Waals surface area contributed by atoms with Gasteiger partial charge in [0.25, 0.3) is 0 Å². The molecule has 4 rings (SSSR count). The average Bonchev–Trinajstić information content (AvgIpc) is 3.50. The summed E-state index contributed by atoms with van der Waals surface area (Å²) in [4.78, 5) is 48.2. The van der Waals surface area contributed by atoms with Crippen molar-refractivity contribution in [2.75, 3.05) is 37.7 Å². The van der Waals surface area contributed by atoms with E-state index in [1.165, 1.54) is 0 Å². The van der Waals surface area contributed by atoms with Crippen molar-refractivity contribution in [1.82, 2.24) is 9.80 Å². The summed E-state index contributed by atoms with van der Waals surface area (Å²) in [6, 6.07) is 8.86. The number of anilines is 1. The number of carbonyl (C=O) groups is 3. The van der Waals surface area contributed by atoms with Crippen LogP contribution in [-0.2, 0) is 14.4 Å². The molecule has 2 unspecified atom stereocenters. The van der Waals surface area contributed by atoms with E-state index >= 15 is 0 Å². The van der Waals surface area contributed by atoms with Gasteiger partial charge in [0.05, 0.1) is 16.6 Å². The van der Waals surface area contributed by atoms with E-state index < -0.39 is 27.4 Å². The van der Waals surface area contributed by atoms with Crippen LogP contribution in [0, 0.1) is 11.8 Å². The van der Waals surface area contributed by atoms with Crippen LogP contribution < -0.4 is 4.90 Å². The zero-order valence-electron chi connectivity index (χ0n) is 23.4. The van der Waals surface area contributed by atoms with Crippen LogP contribution in [0.4, 0.5) is 5.69 Å². The van der Waals surface area contributed by atoms with Crippen LogP contribution in [0.15, 0.2) is 55.6 Å².